The summed E-state index contributed by atoms with van der Waals surface area (Å²) >= 11 is 0. The summed E-state index contributed by atoms with van der Waals surface area (Å²) < 4.78 is 1.69. The van der Waals surface area contributed by atoms with Crippen molar-refractivity contribution in [1.82, 2.24) is 14.8 Å². The van der Waals surface area contributed by atoms with Crippen molar-refractivity contribution in [1.29, 1.82) is 0 Å². The van der Waals surface area contributed by atoms with E-state index in [-0.39, 0.29) is 5.78 Å². The quantitative estimate of drug-likeness (QED) is 0.543. The predicted molar refractivity (Wildman–Crippen MR) is 81.2 cm³/mol. The van der Waals surface area contributed by atoms with E-state index in [0.29, 0.717) is 5.56 Å². The lowest BCUT2D eigenvalue weighted by Gasteiger charge is -2.06. The van der Waals surface area contributed by atoms with Gasteiger partial charge >= 0.3 is 0 Å². The number of carbonyl (C=O) groups excluding carboxylic acids is 1. The minimum absolute atomic E-state index is 0.0649. The van der Waals surface area contributed by atoms with Crippen LogP contribution in [0, 0.1) is 0 Å². The van der Waals surface area contributed by atoms with Crippen molar-refractivity contribution in [3.8, 4) is 5.69 Å². The molecule has 0 atom stereocenters. The maximum atomic E-state index is 12.4. The van der Waals surface area contributed by atoms with Crippen molar-refractivity contribution in [3.63, 3.8) is 0 Å². The van der Waals surface area contributed by atoms with Crippen LogP contribution in [-0.4, -0.2) is 20.5 Å². The number of carbonyl (C=O) groups is 1. The Labute approximate surface area is 122 Å². The number of ketones is 1. The van der Waals surface area contributed by atoms with Crippen molar-refractivity contribution in [2.24, 2.45) is 0 Å². The molecule has 102 valence electrons. The lowest BCUT2D eigenvalue weighted by molar-refractivity contribution is 0.104. The van der Waals surface area contributed by atoms with E-state index in [4.69, 9.17) is 0 Å². The van der Waals surface area contributed by atoms with E-state index in [1.807, 2.05) is 42.6 Å². The van der Waals surface area contributed by atoms with Crippen LogP contribution >= 0.6 is 0 Å². The van der Waals surface area contributed by atoms with Crippen LogP contribution in [0.1, 0.15) is 15.9 Å². The van der Waals surface area contributed by atoms with Gasteiger partial charge in [0.2, 0.25) is 0 Å². The summed E-state index contributed by atoms with van der Waals surface area (Å²) in [6.45, 7) is 0. The molecule has 0 aliphatic rings. The molecule has 2 aromatic heterocycles. The highest BCUT2D eigenvalue weighted by atomic mass is 16.1. The number of allylic oxidation sites excluding steroid dienone is 1. The van der Waals surface area contributed by atoms with Crippen molar-refractivity contribution in [2.75, 3.05) is 0 Å². The molecule has 3 rings (SSSR count). The van der Waals surface area contributed by atoms with Crippen LogP contribution in [0.25, 0.3) is 11.8 Å². The van der Waals surface area contributed by atoms with E-state index >= 15 is 0 Å². The van der Waals surface area contributed by atoms with Crippen LogP contribution < -0.4 is 0 Å². The first-order chi connectivity index (χ1) is 10.3. The second-order valence-corrected chi connectivity index (χ2v) is 4.45. The highest BCUT2D eigenvalue weighted by Crippen LogP contribution is 2.15. The molecule has 0 saturated heterocycles. The van der Waals surface area contributed by atoms with Gasteiger partial charge in [0, 0.05) is 30.4 Å². The van der Waals surface area contributed by atoms with Gasteiger partial charge in [-0.15, -0.1) is 0 Å². The number of hydrogen-bond donors (Lipinski definition) is 0. The minimum Gasteiger partial charge on any atom is -0.289 e. The van der Waals surface area contributed by atoms with Gasteiger partial charge in [-0.2, -0.15) is 5.10 Å². The second-order valence-electron chi connectivity index (χ2n) is 4.45. The molecular weight excluding hydrogens is 262 g/mol. The van der Waals surface area contributed by atoms with Crippen molar-refractivity contribution in [3.05, 3.63) is 84.5 Å². The SMILES string of the molecule is O=C(C=Cc1cccnc1)c1ccccc1-n1cccn1. The molecule has 0 fully saturated rings. The van der Waals surface area contributed by atoms with Crippen LogP contribution in [0.4, 0.5) is 0 Å². The molecule has 0 spiro atoms. The van der Waals surface area contributed by atoms with E-state index in [1.165, 1.54) is 0 Å². The molecule has 0 radical (unpaired) electrons. The third-order valence-electron chi connectivity index (χ3n) is 3.03. The zero-order valence-corrected chi connectivity index (χ0v) is 11.3. The lowest BCUT2D eigenvalue weighted by Crippen LogP contribution is -2.04. The van der Waals surface area contributed by atoms with E-state index in [0.717, 1.165) is 11.3 Å². The molecule has 3 aromatic rings. The molecule has 0 saturated carbocycles. The number of para-hydroxylation sites is 1. The first-order valence-corrected chi connectivity index (χ1v) is 6.56. The van der Waals surface area contributed by atoms with Crippen LogP contribution in [0.15, 0.2) is 73.3 Å². The fraction of sp³-hybridized carbons (Fsp3) is 0. The fourth-order valence-electron chi connectivity index (χ4n) is 2.03. The van der Waals surface area contributed by atoms with Gasteiger partial charge in [0.1, 0.15) is 0 Å². The van der Waals surface area contributed by atoms with E-state index in [1.54, 1.807) is 41.5 Å². The monoisotopic (exact) mass is 275 g/mol. The third kappa shape index (κ3) is 2.95. The Bertz CT molecular complexity index is 762. The van der Waals surface area contributed by atoms with Gasteiger partial charge in [0.25, 0.3) is 0 Å². The Hall–Kier alpha value is -3.01. The Balaban J connectivity index is 1.91. The molecule has 0 unspecified atom stereocenters. The number of aromatic nitrogens is 3. The number of hydrogen-bond acceptors (Lipinski definition) is 3. The van der Waals surface area contributed by atoms with Crippen LogP contribution in [0.2, 0.25) is 0 Å². The largest absolute Gasteiger partial charge is 0.289 e. The minimum atomic E-state index is -0.0649. The second kappa shape index (κ2) is 5.96. The Morgan fingerprint density at radius 2 is 1.95 bits per heavy atom. The molecule has 2 heterocycles. The smallest absolute Gasteiger partial charge is 0.188 e. The normalized spacial score (nSPS) is 10.9. The van der Waals surface area contributed by atoms with Crippen LogP contribution in [-0.2, 0) is 0 Å². The van der Waals surface area contributed by atoms with Crippen molar-refractivity contribution in [2.45, 2.75) is 0 Å². The van der Waals surface area contributed by atoms with Gasteiger partial charge in [-0.3, -0.25) is 9.78 Å². The third-order valence-corrected chi connectivity index (χ3v) is 3.03. The standard InChI is InChI=1S/C17H13N3O/c21-17(9-8-14-5-3-10-18-13-14)15-6-1-2-7-16(15)20-12-4-11-19-20/h1-13H. The number of nitrogens with zero attached hydrogens (tertiary/aromatic N) is 3. The number of pyridine rings is 1. The molecule has 0 N–H and O–H groups in total. The fourth-order valence-corrected chi connectivity index (χ4v) is 2.03. The molecule has 0 aliphatic carbocycles. The summed E-state index contributed by atoms with van der Waals surface area (Å²) in [5.74, 6) is -0.0649. The topological polar surface area (TPSA) is 47.8 Å². The van der Waals surface area contributed by atoms with Crippen molar-refractivity contribution >= 4 is 11.9 Å². The van der Waals surface area contributed by atoms with Crippen LogP contribution in [0.5, 0.6) is 0 Å². The average molecular weight is 275 g/mol. The van der Waals surface area contributed by atoms with E-state index in [2.05, 4.69) is 10.1 Å². The maximum Gasteiger partial charge on any atom is 0.188 e. The maximum absolute atomic E-state index is 12.4. The van der Waals surface area contributed by atoms with E-state index in [9.17, 15) is 4.79 Å². The van der Waals surface area contributed by atoms with Gasteiger partial charge in [-0.1, -0.05) is 18.2 Å². The molecule has 4 heteroatoms. The van der Waals surface area contributed by atoms with Crippen molar-refractivity contribution < 1.29 is 4.79 Å². The Morgan fingerprint density at radius 1 is 1.05 bits per heavy atom. The summed E-state index contributed by atoms with van der Waals surface area (Å²) in [4.78, 5) is 16.4. The van der Waals surface area contributed by atoms with Gasteiger partial charge in [-0.25, -0.2) is 4.68 Å². The molecule has 0 bridgehead atoms. The summed E-state index contributed by atoms with van der Waals surface area (Å²) in [6.07, 6.45) is 10.2. The van der Waals surface area contributed by atoms with Gasteiger partial charge < -0.3 is 0 Å². The predicted octanol–water partition coefficient (Wildman–Crippen LogP) is 3.16. The Kier molecular flexibility index (Phi) is 3.69. The van der Waals surface area contributed by atoms with E-state index < -0.39 is 0 Å². The summed E-state index contributed by atoms with van der Waals surface area (Å²) in [7, 11) is 0. The first kappa shape index (κ1) is 13.0. The first-order valence-electron chi connectivity index (χ1n) is 6.56. The number of rotatable bonds is 4. The average Bonchev–Trinajstić information content (AvgIpc) is 3.08. The van der Waals surface area contributed by atoms with Crippen LogP contribution in [0.3, 0.4) is 0 Å². The Morgan fingerprint density at radius 3 is 2.71 bits per heavy atom. The van der Waals surface area contributed by atoms with Gasteiger partial charge in [-0.05, 0) is 42.0 Å². The summed E-state index contributed by atoms with van der Waals surface area (Å²) in [6, 6.07) is 13.0. The summed E-state index contributed by atoms with van der Waals surface area (Å²) in [5.41, 5.74) is 2.27. The highest BCUT2D eigenvalue weighted by Gasteiger charge is 2.09. The molecular formula is C17H13N3O. The molecule has 0 aliphatic heterocycles. The lowest BCUT2D eigenvalue weighted by atomic mass is 10.1. The van der Waals surface area contributed by atoms with Gasteiger partial charge in [0.15, 0.2) is 5.78 Å². The zero-order chi connectivity index (χ0) is 14.5. The zero-order valence-electron chi connectivity index (χ0n) is 11.3. The molecule has 0 amide bonds. The molecule has 4 nitrogen and oxygen atoms in total. The van der Waals surface area contributed by atoms with Gasteiger partial charge in [0.05, 0.1) is 5.69 Å². The summed E-state index contributed by atoms with van der Waals surface area (Å²) in [5, 5.41) is 4.18. The molecule has 21 heavy (non-hydrogen) atoms. The number of benzene rings is 1. The highest BCUT2D eigenvalue weighted by molar-refractivity contribution is 6.09. The molecule has 1 aromatic carbocycles.